The lowest BCUT2D eigenvalue weighted by Gasteiger charge is -2.22. The molecule has 0 amide bonds. The zero-order valence-electron chi connectivity index (χ0n) is 15.8. The van der Waals surface area contributed by atoms with E-state index in [-0.39, 0.29) is 0 Å². The first-order valence-corrected chi connectivity index (χ1v) is 11.5. The Labute approximate surface area is 165 Å². The van der Waals surface area contributed by atoms with Gasteiger partial charge in [-0.2, -0.15) is 0 Å². The lowest BCUT2D eigenvalue weighted by molar-refractivity contribution is 0.594. The van der Waals surface area contributed by atoms with E-state index in [1.807, 2.05) is 25.1 Å². The summed E-state index contributed by atoms with van der Waals surface area (Å²) < 4.78 is 27.6. The number of aryl methyl sites for hydroxylation is 4. The number of hydrogen-bond donors (Lipinski definition) is 0. The van der Waals surface area contributed by atoms with Crippen LogP contribution in [0.5, 0.6) is 0 Å². The Kier molecular flexibility index (Phi) is 4.60. The van der Waals surface area contributed by atoms with Gasteiger partial charge in [0.15, 0.2) is 0 Å². The smallest absolute Gasteiger partial charge is 0.264 e. The van der Waals surface area contributed by atoms with Crippen LogP contribution in [0.3, 0.4) is 0 Å². The minimum atomic E-state index is -3.57. The number of anilines is 1. The highest BCUT2D eigenvalue weighted by Gasteiger charge is 2.24. The van der Waals surface area contributed by atoms with Crippen LogP contribution in [0.25, 0.3) is 10.4 Å². The predicted octanol–water partition coefficient (Wildman–Crippen LogP) is 5.35. The van der Waals surface area contributed by atoms with Crippen molar-refractivity contribution in [1.82, 2.24) is 0 Å². The Morgan fingerprint density at radius 2 is 1.67 bits per heavy atom. The fourth-order valence-electron chi connectivity index (χ4n) is 3.77. The predicted molar refractivity (Wildman–Crippen MR) is 113 cm³/mol. The quantitative estimate of drug-likeness (QED) is 0.598. The molecule has 1 aromatic heterocycles. The van der Waals surface area contributed by atoms with Gasteiger partial charge in [0.2, 0.25) is 0 Å². The van der Waals surface area contributed by atoms with Crippen molar-refractivity contribution < 1.29 is 8.42 Å². The summed E-state index contributed by atoms with van der Waals surface area (Å²) in [7, 11) is -1.93. The van der Waals surface area contributed by atoms with E-state index in [9.17, 15) is 8.42 Å². The van der Waals surface area contributed by atoms with Crippen LogP contribution in [0.1, 0.15) is 28.7 Å². The summed E-state index contributed by atoms with van der Waals surface area (Å²) in [6, 6.07) is 13.3. The molecule has 27 heavy (non-hydrogen) atoms. The zero-order valence-corrected chi connectivity index (χ0v) is 17.5. The second-order valence-electron chi connectivity index (χ2n) is 7.21. The second kappa shape index (κ2) is 6.80. The molecule has 1 aliphatic carbocycles. The molecule has 0 fully saturated rings. The van der Waals surface area contributed by atoms with Gasteiger partial charge < -0.3 is 0 Å². The third-order valence-corrected chi connectivity index (χ3v) is 8.08. The molecular weight excluding hydrogens is 374 g/mol. The number of nitrogens with zero attached hydrogens (tertiary/aromatic N) is 1. The molecule has 3 aromatic rings. The lowest BCUT2D eigenvalue weighted by Crippen LogP contribution is -2.26. The average Bonchev–Trinajstić information content (AvgIpc) is 3.01. The molecule has 0 radical (unpaired) electrons. The van der Waals surface area contributed by atoms with Crippen molar-refractivity contribution >= 4 is 27.0 Å². The van der Waals surface area contributed by atoms with Gasteiger partial charge >= 0.3 is 0 Å². The molecule has 0 aliphatic heterocycles. The van der Waals surface area contributed by atoms with Crippen LogP contribution in [-0.4, -0.2) is 15.5 Å². The highest BCUT2D eigenvalue weighted by Crippen LogP contribution is 2.40. The van der Waals surface area contributed by atoms with E-state index >= 15 is 0 Å². The normalized spacial score (nSPS) is 13.6. The van der Waals surface area contributed by atoms with Crippen molar-refractivity contribution in [3.8, 4) is 10.4 Å². The summed E-state index contributed by atoms with van der Waals surface area (Å²) >= 11 is 1.78. The van der Waals surface area contributed by atoms with Gasteiger partial charge in [0.1, 0.15) is 0 Å². The van der Waals surface area contributed by atoms with Crippen LogP contribution < -0.4 is 4.31 Å². The number of benzene rings is 2. The third kappa shape index (κ3) is 3.19. The maximum Gasteiger partial charge on any atom is 0.264 e. The van der Waals surface area contributed by atoms with Gasteiger partial charge in [-0.3, -0.25) is 4.31 Å². The van der Waals surface area contributed by atoms with Gasteiger partial charge in [0.25, 0.3) is 10.0 Å². The third-order valence-electron chi connectivity index (χ3n) is 5.31. The molecule has 140 valence electrons. The van der Waals surface area contributed by atoms with E-state index in [4.69, 9.17) is 0 Å². The largest absolute Gasteiger partial charge is 0.269 e. The molecule has 0 atom stereocenters. The van der Waals surface area contributed by atoms with Crippen molar-refractivity contribution in [2.75, 3.05) is 11.4 Å². The molecule has 1 heterocycles. The van der Waals surface area contributed by atoms with Gasteiger partial charge in [-0.1, -0.05) is 17.7 Å². The summed E-state index contributed by atoms with van der Waals surface area (Å²) in [6.07, 6.45) is 3.15. The van der Waals surface area contributed by atoms with Crippen molar-refractivity contribution in [1.29, 1.82) is 0 Å². The fraction of sp³-hybridized carbons (Fsp3) is 0.273. The molecule has 0 spiro atoms. The number of fused-ring (bicyclic) bond motifs is 3. The van der Waals surface area contributed by atoms with Crippen molar-refractivity contribution in [2.24, 2.45) is 0 Å². The molecule has 0 bridgehead atoms. The molecule has 0 N–H and O–H groups in total. The van der Waals surface area contributed by atoms with Crippen LogP contribution >= 0.6 is 11.3 Å². The van der Waals surface area contributed by atoms with Crippen LogP contribution in [0, 0.1) is 13.8 Å². The average molecular weight is 398 g/mol. The molecule has 0 saturated heterocycles. The van der Waals surface area contributed by atoms with Gasteiger partial charge in [0, 0.05) is 11.9 Å². The summed E-state index contributed by atoms with van der Waals surface area (Å²) in [4.78, 5) is 1.67. The van der Waals surface area contributed by atoms with E-state index < -0.39 is 10.0 Å². The van der Waals surface area contributed by atoms with Crippen molar-refractivity contribution in [3.05, 3.63) is 70.1 Å². The van der Waals surface area contributed by atoms with Crippen LogP contribution in [-0.2, 0) is 22.9 Å². The Morgan fingerprint density at radius 3 is 2.41 bits per heavy atom. The zero-order chi connectivity index (χ0) is 19.2. The molecule has 0 unspecified atom stereocenters. The van der Waals surface area contributed by atoms with Crippen molar-refractivity contribution in [3.63, 3.8) is 0 Å². The van der Waals surface area contributed by atoms with E-state index in [0.29, 0.717) is 4.90 Å². The Bertz CT molecular complexity index is 1100. The highest BCUT2D eigenvalue weighted by molar-refractivity contribution is 7.92. The fourth-order valence-corrected chi connectivity index (χ4v) is 6.05. The number of sulfonamides is 1. The SMILES string of the molecule is Cc1ccc(S(=O)(=O)N(C)c2cc(C)c3c(c2)CCCc2ccsc2-3)cc1. The summed E-state index contributed by atoms with van der Waals surface area (Å²) in [5.74, 6) is 0. The first-order chi connectivity index (χ1) is 12.9. The van der Waals surface area contributed by atoms with E-state index in [2.05, 4.69) is 24.4 Å². The van der Waals surface area contributed by atoms with Crippen LogP contribution in [0.2, 0.25) is 0 Å². The van der Waals surface area contributed by atoms with Crippen LogP contribution in [0.15, 0.2) is 52.7 Å². The van der Waals surface area contributed by atoms with Gasteiger partial charge in [0.05, 0.1) is 10.6 Å². The minimum Gasteiger partial charge on any atom is -0.269 e. The summed E-state index contributed by atoms with van der Waals surface area (Å²) in [5, 5.41) is 2.15. The van der Waals surface area contributed by atoms with E-state index in [0.717, 1.165) is 36.1 Å². The molecular formula is C22H23NO2S2. The highest BCUT2D eigenvalue weighted by atomic mass is 32.2. The maximum atomic E-state index is 13.1. The molecule has 5 heteroatoms. The Balaban J connectivity index is 1.79. The van der Waals surface area contributed by atoms with Crippen molar-refractivity contribution in [2.45, 2.75) is 38.0 Å². The maximum absolute atomic E-state index is 13.1. The molecule has 2 aromatic carbocycles. The van der Waals surface area contributed by atoms with Gasteiger partial charge in [-0.25, -0.2) is 8.42 Å². The minimum absolute atomic E-state index is 0.323. The Hall–Kier alpha value is -2.11. The molecule has 3 nitrogen and oxygen atoms in total. The first kappa shape index (κ1) is 18.3. The molecule has 4 rings (SSSR count). The standard InChI is InChI=1S/C22H23NO2S2/c1-15-7-9-20(10-8-15)27(24,25)23(3)19-13-16(2)21-18(14-19)6-4-5-17-11-12-26-22(17)21/h7-14H,4-6H2,1-3H3. The summed E-state index contributed by atoms with van der Waals surface area (Å²) in [5.41, 5.74) is 6.87. The molecule has 1 aliphatic rings. The first-order valence-electron chi connectivity index (χ1n) is 9.14. The topological polar surface area (TPSA) is 37.4 Å². The number of thiophene rings is 1. The van der Waals surface area contributed by atoms with E-state index in [1.54, 1.807) is 30.5 Å². The second-order valence-corrected chi connectivity index (χ2v) is 10.1. The van der Waals surface area contributed by atoms with Crippen LogP contribution in [0.4, 0.5) is 5.69 Å². The molecule has 0 saturated carbocycles. The summed E-state index contributed by atoms with van der Waals surface area (Å²) in [6.45, 7) is 4.04. The Morgan fingerprint density at radius 1 is 0.963 bits per heavy atom. The van der Waals surface area contributed by atoms with Gasteiger partial charge in [-0.05, 0) is 91.1 Å². The van der Waals surface area contributed by atoms with Gasteiger partial charge in [-0.15, -0.1) is 11.3 Å². The monoisotopic (exact) mass is 397 g/mol. The lowest BCUT2D eigenvalue weighted by atomic mass is 9.97. The number of hydrogen-bond acceptors (Lipinski definition) is 3. The number of rotatable bonds is 3. The van der Waals surface area contributed by atoms with E-state index in [1.165, 1.54) is 25.9 Å².